The first-order valence-corrected chi connectivity index (χ1v) is 7.77. The molecule has 2 rings (SSSR count). The molecule has 1 saturated heterocycles. The third kappa shape index (κ3) is 2.94. The fourth-order valence-electron chi connectivity index (χ4n) is 2.01. The van der Waals surface area contributed by atoms with E-state index in [-0.39, 0.29) is 15.9 Å². The summed E-state index contributed by atoms with van der Waals surface area (Å²) < 4.78 is 31.8. The quantitative estimate of drug-likeness (QED) is 0.833. The summed E-state index contributed by atoms with van der Waals surface area (Å²) in [6.07, 6.45) is 0. The van der Waals surface area contributed by atoms with Crippen molar-refractivity contribution in [2.75, 3.05) is 19.8 Å². The highest BCUT2D eigenvalue weighted by atomic mass is 32.2. The smallest absolute Gasteiger partial charge is 0.243 e. The molecule has 1 fully saturated rings. The van der Waals surface area contributed by atoms with Gasteiger partial charge < -0.3 is 10.5 Å². The molecular weight excluding hydrogens is 284 g/mol. The number of sulfonamides is 1. The fraction of sp³-hybridized carbons (Fsp3) is 0.417. The molecule has 1 atom stereocenters. The number of morpholine rings is 1. The Labute approximate surface area is 118 Å². The maximum absolute atomic E-state index is 12.6. The number of benzene rings is 1. The van der Waals surface area contributed by atoms with E-state index in [2.05, 4.69) is 0 Å². The van der Waals surface area contributed by atoms with Gasteiger partial charge >= 0.3 is 0 Å². The second-order valence-corrected chi connectivity index (χ2v) is 6.76. The molecule has 0 bridgehead atoms. The van der Waals surface area contributed by atoms with E-state index in [4.69, 9.17) is 22.7 Å². The summed E-state index contributed by atoms with van der Waals surface area (Å²) in [5, 5.41) is 0. The standard InChI is InChI=1S/C12H16N2O3S2/c1-9-8-17-6-5-14(9)19(15,16)11-4-2-3-10(7-11)12(13)18/h2-4,7,9H,5-6,8H2,1H3,(H2,13,18). The summed E-state index contributed by atoms with van der Waals surface area (Å²) in [5.41, 5.74) is 6.09. The van der Waals surface area contributed by atoms with Crippen molar-refractivity contribution in [3.63, 3.8) is 0 Å². The zero-order valence-electron chi connectivity index (χ0n) is 10.6. The van der Waals surface area contributed by atoms with Gasteiger partial charge in [-0.05, 0) is 19.1 Å². The third-order valence-corrected chi connectivity index (χ3v) is 5.28. The minimum absolute atomic E-state index is 0.174. The van der Waals surface area contributed by atoms with E-state index in [1.165, 1.54) is 10.4 Å². The zero-order chi connectivity index (χ0) is 14.0. The Hall–Kier alpha value is -1.02. The van der Waals surface area contributed by atoms with Crippen LogP contribution in [-0.4, -0.2) is 43.5 Å². The molecule has 1 aliphatic heterocycles. The molecule has 104 valence electrons. The van der Waals surface area contributed by atoms with Crippen LogP contribution in [-0.2, 0) is 14.8 Å². The first kappa shape index (κ1) is 14.4. The molecule has 7 heteroatoms. The maximum atomic E-state index is 12.6. The zero-order valence-corrected chi connectivity index (χ0v) is 12.2. The van der Waals surface area contributed by atoms with Crippen LogP contribution >= 0.6 is 12.2 Å². The highest BCUT2D eigenvalue weighted by Crippen LogP contribution is 2.21. The monoisotopic (exact) mass is 300 g/mol. The molecule has 5 nitrogen and oxygen atoms in total. The van der Waals surface area contributed by atoms with Gasteiger partial charge in [0.25, 0.3) is 0 Å². The Morgan fingerprint density at radius 2 is 2.26 bits per heavy atom. The van der Waals surface area contributed by atoms with Gasteiger partial charge in [0.15, 0.2) is 0 Å². The van der Waals surface area contributed by atoms with Gasteiger partial charge in [0.05, 0.1) is 18.1 Å². The average Bonchev–Trinajstić information content (AvgIpc) is 2.39. The molecule has 0 aliphatic carbocycles. The Balaban J connectivity index is 2.38. The molecule has 0 spiro atoms. The fourth-order valence-corrected chi connectivity index (χ4v) is 3.79. The van der Waals surface area contributed by atoms with Crippen molar-refractivity contribution in [1.29, 1.82) is 0 Å². The van der Waals surface area contributed by atoms with Crippen molar-refractivity contribution >= 4 is 27.2 Å². The summed E-state index contributed by atoms with van der Waals surface area (Å²) in [4.78, 5) is 0.402. The van der Waals surface area contributed by atoms with E-state index in [0.29, 0.717) is 25.3 Å². The van der Waals surface area contributed by atoms with Crippen LogP contribution < -0.4 is 5.73 Å². The summed E-state index contributed by atoms with van der Waals surface area (Å²) in [6, 6.07) is 6.24. The Morgan fingerprint density at radius 3 is 2.89 bits per heavy atom. The summed E-state index contributed by atoms with van der Waals surface area (Å²) in [7, 11) is -3.53. The molecule has 1 unspecified atom stereocenters. The minimum Gasteiger partial charge on any atom is -0.389 e. The van der Waals surface area contributed by atoms with Crippen molar-refractivity contribution in [2.45, 2.75) is 17.9 Å². The van der Waals surface area contributed by atoms with Gasteiger partial charge in [-0.3, -0.25) is 0 Å². The molecule has 1 aliphatic rings. The van der Waals surface area contributed by atoms with Crippen LogP contribution in [0.5, 0.6) is 0 Å². The van der Waals surface area contributed by atoms with Gasteiger partial charge in [-0.15, -0.1) is 0 Å². The van der Waals surface area contributed by atoms with Gasteiger partial charge in [-0.1, -0.05) is 24.4 Å². The molecule has 0 radical (unpaired) electrons. The van der Waals surface area contributed by atoms with Crippen LogP contribution in [0.15, 0.2) is 29.2 Å². The first-order valence-electron chi connectivity index (χ1n) is 5.92. The lowest BCUT2D eigenvalue weighted by molar-refractivity contribution is 0.0393. The molecule has 1 aromatic rings. The van der Waals surface area contributed by atoms with Crippen LogP contribution in [0.4, 0.5) is 0 Å². The van der Waals surface area contributed by atoms with E-state index in [1.807, 2.05) is 6.92 Å². The largest absolute Gasteiger partial charge is 0.389 e. The van der Waals surface area contributed by atoms with E-state index < -0.39 is 10.0 Å². The predicted molar refractivity (Wildman–Crippen MR) is 76.5 cm³/mol. The highest BCUT2D eigenvalue weighted by molar-refractivity contribution is 7.89. The molecule has 19 heavy (non-hydrogen) atoms. The molecule has 1 heterocycles. The van der Waals surface area contributed by atoms with Crippen LogP contribution in [0.3, 0.4) is 0 Å². The molecule has 1 aromatic carbocycles. The normalized spacial score (nSPS) is 21.2. The average molecular weight is 300 g/mol. The number of hydrogen-bond acceptors (Lipinski definition) is 4. The Bertz CT molecular complexity index is 586. The van der Waals surface area contributed by atoms with Gasteiger partial charge in [0.1, 0.15) is 4.99 Å². The SMILES string of the molecule is CC1COCCN1S(=O)(=O)c1cccc(C(N)=S)c1. The van der Waals surface area contributed by atoms with Gasteiger partial charge in [-0.2, -0.15) is 4.31 Å². The van der Waals surface area contributed by atoms with Crippen molar-refractivity contribution in [1.82, 2.24) is 4.31 Å². The summed E-state index contributed by atoms with van der Waals surface area (Å²) in [5.74, 6) is 0. The second kappa shape index (κ2) is 5.54. The number of nitrogens with two attached hydrogens (primary N) is 1. The third-order valence-electron chi connectivity index (χ3n) is 3.03. The predicted octanol–water partition coefficient (Wildman–Crippen LogP) is 0.730. The number of ether oxygens (including phenoxy) is 1. The van der Waals surface area contributed by atoms with Crippen molar-refractivity contribution in [2.24, 2.45) is 5.73 Å². The van der Waals surface area contributed by atoms with Crippen LogP contribution in [0.25, 0.3) is 0 Å². The van der Waals surface area contributed by atoms with E-state index in [9.17, 15) is 8.42 Å². The van der Waals surface area contributed by atoms with Crippen molar-refractivity contribution in [3.8, 4) is 0 Å². The van der Waals surface area contributed by atoms with Gasteiger partial charge in [-0.25, -0.2) is 8.42 Å². The van der Waals surface area contributed by atoms with Crippen LogP contribution in [0, 0.1) is 0 Å². The van der Waals surface area contributed by atoms with Crippen LogP contribution in [0.1, 0.15) is 12.5 Å². The van der Waals surface area contributed by atoms with Gasteiger partial charge in [0, 0.05) is 18.2 Å². The lowest BCUT2D eigenvalue weighted by atomic mass is 10.2. The molecule has 0 amide bonds. The van der Waals surface area contributed by atoms with Crippen molar-refractivity contribution in [3.05, 3.63) is 29.8 Å². The molecular formula is C12H16N2O3S2. The number of hydrogen-bond donors (Lipinski definition) is 1. The Morgan fingerprint density at radius 1 is 1.53 bits per heavy atom. The van der Waals surface area contributed by atoms with E-state index in [0.717, 1.165) is 0 Å². The van der Waals surface area contributed by atoms with E-state index in [1.54, 1.807) is 18.2 Å². The summed E-state index contributed by atoms with van der Waals surface area (Å²) in [6.45, 7) is 3.02. The second-order valence-electron chi connectivity index (χ2n) is 4.43. The maximum Gasteiger partial charge on any atom is 0.243 e. The number of nitrogens with zero attached hydrogens (tertiary/aromatic N) is 1. The molecule has 0 aromatic heterocycles. The lowest BCUT2D eigenvalue weighted by Gasteiger charge is -2.32. The number of thiocarbonyl (C=S) groups is 1. The van der Waals surface area contributed by atoms with Crippen molar-refractivity contribution < 1.29 is 13.2 Å². The van der Waals surface area contributed by atoms with Gasteiger partial charge in [0.2, 0.25) is 10.0 Å². The number of rotatable bonds is 3. The summed E-state index contributed by atoms with van der Waals surface area (Å²) >= 11 is 4.87. The van der Waals surface area contributed by atoms with E-state index >= 15 is 0 Å². The highest BCUT2D eigenvalue weighted by Gasteiger charge is 2.31. The molecule has 0 saturated carbocycles. The lowest BCUT2D eigenvalue weighted by Crippen LogP contribution is -2.46. The Kier molecular flexibility index (Phi) is 4.19. The molecule has 2 N–H and O–H groups in total. The topological polar surface area (TPSA) is 72.6 Å². The first-order chi connectivity index (χ1) is 8.93. The minimum atomic E-state index is -3.53. The van der Waals surface area contributed by atoms with Crippen LogP contribution in [0.2, 0.25) is 0 Å².